The molecule has 2 aromatic heterocycles. The molecule has 3 aromatic rings. The van der Waals surface area contributed by atoms with Gasteiger partial charge in [0.15, 0.2) is 10.1 Å². The normalized spacial score (nSPS) is 18.8. The van der Waals surface area contributed by atoms with Crippen LogP contribution in [0.5, 0.6) is 0 Å². The topological polar surface area (TPSA) is 93.4 Å². The van der Waals surface area contributed by atoms with Crippen molar-refractivity contribution in [3.63, 3.8) is 0 Å². The third-order valence-electron chi connectivity index (χ3n) is 4.49. The van der Waals surface area contributed by atoms with Gasteiger partial charge in [-0.25, -0.2) is 4.39 Å². The summed E-state index contributed by atoms with van der Waals surface area (Å²) in [5, 5.41) is 8.26. The van der Waals surface area contributed by atoms with Crippen LogP contribution in [-0.2, 0) is 9.59 Å². The van der Waals surface area contributed by atoms with E-state index in [9.17, 15) is 18.8 Å². The minimum atomic E-state index is -1.35. The SMILES string of the molecule is C=CCSc1nnc(N2C(=O)C(=O)C(C(=O)c3ccco3)C2c2ccc(F)cc2)s1. The van der Waals surface area contributed by atoms with E-state index in [0.29, 0.717) is 15.7 Å². The Hall–Kier alpha value is -3.11. The molecule has 1 aliphatic rings. The van der Waals surface area contributed by atoms with E-state index >= 15 is 0 Å². The zero-order valence-electron chi connectivity index (χ0n) is 15.4. The van der Waals surface area contributed by atoms with Crippen molar-refractivity contribution < 1.29 is 23.2 Å². The molecule has 7 nitrogen and oxygen atoms in total. The maximum atomic E-state index is 13.5. The van der Waals surface area contributed by atoms with Gasteiger partial charge in [-0.05, 0) is 29.8 Å². The summed E-state index contributed by atoms with van der Waals surface area (Å²) in [6.07, 6.45) is 3.02. The Morgan fingerprint density at radius 3 is 2.70 bits per heavy atom. The number of anilines is 1. The van der Waals surface area contributed by atoms with Crippen LogP contribution in [-0.4, -0.2) is 33.4 Å². The average Bonchev–Trinajstić information content (AvgIpc) is 3.48. The van der Waals surface area contributed by atoms with E-state index in [-0.39, 0.29) is 10.9 Å². The van der Waals surface area contributed by atoms with Crippen molar-refractivity contribution in [2.75, 3.05) is 10.7 Å². The molecule has 1 aromatic carbocycles. The largest absolute Gasteiger partial charge is 0.461 e. The Labute approximate surface area is 178 Å². The molecule has 2 atom stereocenters. The van der Waals surface area contributed by atoms with Crippen LogP contribution < -0.4 is 4.90 Å². The molecule has 0 spiro atoms. The minimum absolute atomic E-state index is 0.0328. The Bertz CT molecular complexity index is 1110. The van der Waals surface area contributed by atoms with Crippen LogP contribution in [0.2, 0.25) is 0 Å². The zero-order valence-corrected chi connectivity index (χ0v) is 17.0. The van der Waals surface area contributed by atoms with Gasteiger partial charge in [0.2, 0.25) is 16.7 Å². The van der Waals surface area contributed by atoms with Crippen molar-refractivity contribution in [2.45, 2.75) is 10.4 Å². The number of hydrogen-bond donors (Lipinski definition) is 0. The molecule has 0 saturated carbocycles. The van der Waals surface area contributed by atoms with E-state index in [0.717, 1.165) is 16.2 Å². The molecule has 152 valence electrons. The highest BCUT2D eigenvalue weighted by atomic mass is 32.2. The van der Waals surface area contributed by atoms with Gasteiger partial charge in [-0.3, -0.25) is 19.3 Å². The molecular formula is C20H14FN3O4S2. The summed E-state index contributed by atoms with van der Waals surface area (Å²) in [7, 11) is 0. The predicted molar refractivity (Wildman–Crippen MR) is 109 cm³/mol. The molecule has 1 fully saturated rings. The highest BCUT2D eigenvalue weighted by Crippen LogP contribution is 2.43. The van der Waals surface area contributed by atoms with E-state index in [2.05, 4.69) is 16.8 Å². The van der Waals surface area contributed by atoms with Crippen LogP contribution in [0.1, 0.15) is 22.2 Å². The fourth-order valence-corrected chi connectivity index (χ4v) is 4.84. The summed E-state index contributed by atoms with van der Waals surface area (Å²) >= 11 is 2.50. The van der Waals surface area contributed by atoms with Crippen LogP contribution >= 0.6 is 23.1 Å². The number of aromatic nitrogens is 2. The number of carbonyl (C=O) groups is 3. The van der Waals surface area contributed by atoms with Gasteiger partial charge in [0.05, 0.1) is 12.3 Å². The number of benzene rings is 1. The van der Waals surface area contributed by atoms with Crippen molar-refractivity contribution in [1.29, 1.82) is 0 Å². The van der Waals surface area contributed by atoms with E-state index < -0.39 is 35.3 Å². The van der Waals surface area contributed by atoms with E-state index in [4.69, 9.17) is 4.42 Å². The van der Waals surface area contributed by atoms with Gasteiger partial charge in [0.1, 0.15) is 11.7 Å². The first-order valence-electron chi connectivity index (χ1n) is 8.79. The Balaban J connectivity index is 1.79. The smallest absolute Gasteiger partial charge is 0.297 e. The number of nitrogens with zero attached hydrogens (tertiary/aromatic N) is 3. The molecule has 0 aliphatic carbocycles. The highest BCUT2D eigenvalue weighted by molar-refractivity contribution is 8.01. The van der Waals surface area contributed by atoms with E-state index in [1.165, 1.54) is 54.4 Å². The number of carbonyl (C=O) groups excluding carboxylic acids is 3. The number of hydrogen-bond acceptors (Lipinski definition) is 8. The number of thioether (sulfide) groups is 1. The Kier molecular flexibility index (Phi) is 5.60. The molecule has 1 aliphatic heterocycles. The Morgan fingerprint density at radius 1 is 1.27 bits per heavy atom. The molecule has 1 saturated heterocycles. The number of amides is 1. The summed E-state index contributed by atoms with van der Waals surface area (Å²) < 4.78 is 19.2. The third-order valence-corrected chi connectivity index (χ3v) is 6.54. The van der Waals surface area contributed by atoms with Crippen molar-refractivity contribution in [3.8, 4) is 0 Å². The van der Waals surface area contributed by atoms with Gasteiger partial charge < -0.3 is 4.42 Å². The summed E-state index contributed by atoms with van der Waals surface area (Å²) in [6.45, 7) is 3.64. The molecule has 1 amide bonds. The van der Waals surface area contributed by atoms with E-state index in [1.54, 1.807) is 6.08 Å². The van der Waals surface area contributed by atoms with Crippen LogP contribution in [0.4, 0.5) is 9.52 Å². The first-order valence-corrected chi connectivity index (χ1v) is 10.6. The quantitative estimate of drug-likeness (QED) is 0.137. The first-order chi connectivity index (χ1) is 14.5. The fraction of sp³-hybridized carbons (Fsp3) is 0.150. The first kappa shape index (κ1) is 20.2. The number of halogens is 1. The van der Waals surface area contributed by atoms with Crippen LogP contribution in [0.25, 0.3) is 0 Å². The lowest BCUT2D eigenvalue weighted by molar-refractivity contribution is -0.135. The summed E-state index contributed by atoms with van der Waals surface area (Å²) in [6, 6.07) is 7.26. The lowest BCUT2D eigenvalue weighted by Crippen LogP contribution is -2.30. The van der Waals surface area contributed by atoms with Crippen LogP contribution in [0.3, 0.4) is 0 Å². The van der Waals surface area contributed by atoms with Crippen molar-refractivity contribution >= 4 is 45.7 Å². The van der Waals surface area contributed by atoms with Gasteiger partial charge in [-0.2, -0.15) is 0 Å². The van der Waals surface area contributed by atoms with Crippen molar-refractivity contribution in [1.82, 2.24) is 10.2 Å². The molecule has 10 heteroatoms. The summed E-state index contributed by atoms with van der Waals surface area (Å²) in [4.78, 5) is 40.0. The van der Waals surface area contributed by atoms with Crippen LogP contribution in [0, 0.1) is 11.7 Å². The summed E-state index contributed by atoms with van der Waals surface area (Å²) in [5.74, 6) is -3.62. The van der Waals surface area contributed by atoms with Gasteiger partial charge >= 0.3 is 0 Å². The summed E-state index contributed by atoms with van der Waals surface area (Å²) in [5.41, 5.74) is 0.427. The molecule has 0 N–H and O–H groups in total. The van der Waals surface area contributed by atoms with Gasteiger partial charge in [-0.15, -0.1) is 16.8 Å². The van der Waals surface area contributed by atoms with E-state index in [1.807, 2.05) is 0 Å². The molecular weight excluding hydrogens is 429 g/mol. The molecule has 3 heterocycles. The van der Waals surface area contributed by atoms with Crippen molar-refractivity contribution in [2.24, 2.45) is 5.92 Å². The lowest BCUT2D eigenvalue weighted by Gasteiger charge is -2.24. The standard InChI is InChI=1S/C20H14FN3O4S2/c1-2-10-29-20-23-22-19(30-20)24-15(11-5-7-12(21)8-6-11)14(17(26)18(24)27)16(25)13-4-3-9-28-13/h2-9,14-15H,1,10H2. The maximum absolute atomic E-state index is 13.5. The number of furan rings is 1. The Morgan fingerprint density at radius 2 is 2.03 bits per heavy atom. The molecule has 30 heavy (non-hydrogen) atoms. The van der Waals surface area contributed by atoms with Crippen LogP contribution in [0.15, 0.2) is 64.1 Å². The molecule has 0 radical (unpaired) electrons. The fourth-order valence-electron chi connectivity index (χ4n) is 3.20. The third kappa shape index (κ3) is 3.59. The lowest BCUT2D eigenvalue weighted by atomic mass is 9.88. The second-order valence-electron chi connectivity index (χ2n) is 6.31. The second kappa shape index (κ2) is 8.33. The molecule has 0 bridgehead atoms. The number of rotatable bonds is 7. The average molecular weight is 443 g/mol. The second-order valence-corrected chi connectivity index (χ2v) is 8.53. The minimum Gasteiger partial charge on any atom is -0.461 e. The number of ketones is 2. The zero-order chi connectivity index (χ0) is 21.3. The molecule has 2 unspecified atom stereocenters. The monoisotopic (exact) mass is 443 g/mol. The molecule has 4 rings (SSSR count). The van der Waals surface area contributed by atoms with Gasteiger partial charge in [0, 0.05) is 5.75 Å². The van der Waals surface area contributed by atoms with Gasteiger partial charge in [0.25, 0.3) is 5.91 Å². The highest BCUT2D eigenvalue weighted by Gasteiger charge is 2.54. The number of Topliss-reactive ketones (excluding diaryl/α,β-unsaturated/α-hetero) is 2. The maximum Gasteiger partial charge on any atom is 0.297 e. The predicted octanol–water partition coefficient (Wildman–Crippen LogP) is 3.70. The van der Waals surface area contributed by atoms with Crippen molar-refractivity contribution in [3.05, 3.63) is 72.5 Å². The van der Waals surface area contributed by atoms with Gasteiger partial charge in [-0.1, -0.05) is 41.3 Å².